The molecule has 0 amide bonds. The molecule has 1 aromatic rings. The smallest absolute Gasteiger partial charge is 0.303 e. The zero-order valence-electron chi connectivity index (χ0n) is 22.5. The molecule has 0 saturated heterocycles. The molecular weight excluding hydrogens is 560 g/mol. The molecule has 0 heterocycles. The van der Waals surface area contributed by atoms with E-state index in [1.54, 1.807) is 0 Å². The molecular formula is C22H28N4O15. The van der Waals surface area contributed by atoms with Crippen molar-refractivity contribution in [1.82, 2.24) is 0 Å². The van der Waals surface area contributed by atoms with Gasteiger partial charge in [0.25, 0.3) is 5.69 Å². The zero-order chi connectivity index (χ0) is 31.9. The van der Waals surface area contributed by atoms with Crippen LogP contribution in [-0.2, 0) is 52.5 Å². The Balaban J connectivity index is 0.000000950. The number of anilines is 1. The third-order valence-electron chi connectivity index (χ3n) is 4.31. The van der Waals surface area contributed by atoms with Crippen molar-refractivity contribution in [2.24, 2.45) is 5.84 Å². The van der Waals surface area contributed by atoms with Gasteiger partial charge >= 0.3 is 35.5 Å². The summed E-state index contributed by atoms with van der Waals surface area (Å²) in [5, 5.41) is 20.7. The Kier molecular flexibility index (Phi) is 15.2. The SMILES string of the molecule is CC(=O)OCC(=O)[C@@H](OC(C)=O)[C@H](OC(C)=O)[C@@H](COC(C)=O)OC(C)=O.NNc1ccc([N+](=O)[O-])cc1[N+](=O)[O-]. The summed E-state index contributed by atoms with van der Waals surface area (Å²) in [6.45, 7) is 3.81. The Morgan fingerprint density at radius 1 is 0.805 bits per heavy atom. The van der Waals surface area contributed by atoms with E-state index in [4.69, 9.17) is 24.8 Å². The van der Waals surface area contributed by atoms with Gasteiger partial charge in [0, 0.05) is 40.7 Å². The van der Waals surface area contributed by atoms with E-state index in [9.17, 15) is 49.0 Å². The van der Waals surface area contributed by atoms with E-state index in [0.717, 1.165) is 46.8 Å². The summed E-state index contributed by atoms with van der Waals surface area (Å²) in [4.78, 5) is 87.8. The molecule has 0 bridgehead atoms. The highest BCUT2D eigenvalue weighted by Crippen LogP contribution is 2.27. The second-order valence-corrected chi connectivity index (χ2v) is 7.66. The molecule has 1 rings (SSSR count). The van der Waals surface area contributed by atoms with E-state index in [1.165, 1.54) is 6.07 Å². The first kappa shape index (κ1) is 35.8. The fourth-order valence-electron chi connectivity index (χ4n) is 2.79. The minimum atomic E-state index is -1.77. The van der Waals surface area contributed by atoms with Crippen LogP contribution in [0.4, 0.5) is 17.1 Å². The molecule has 1 aromatic carbocycles. The standard InChI is InChI=1S/C16H22O11.C6H6N4O4/c1-8(17)23-6-13(22)15(26-11(4)20)16(27-12(5)21)14(25-10(3)19)7-24-9(2)18;7-8-5-2-1-4(9(11)12)3-6(5)10(13)14/h14-16H,6-7H2,1-5H3;1-3,8H,7H2/t14-,15-,16-;/m1./s1. The Bertz CT molecular complexity index is 1170. The van der Waals surface area contributed by atoms with Gasteiger partial charge in [-0.1, -0.05) is 0 Å². The molecule has 0 fully saturated rings. The van der Waals surface area contributed by atoms with Gasteiger partial charge < -0.3 is 29.1 Å². The van der Waals surface area contributed by atoms with Crippen molar-refractivity contribution < 1.29 is 62.3 Å². The fourth-order valence-corrected chi connectivity index (χ4v) is 2.79. The number of esters is 5. The molecule has 0 unspecified atom stereocenters. The van der Waals surface area contributed by atoms with Gasteiger partial charge in [0.1, 0.15) is 12.3 Å². The number of rotatable bonds is 13. The van der Waals surface area contributed by atoms with Crippen molar-refractivity contribution >= 4 is 52.7 Å². The molecule has 0 aliphatic rings. The third kappa shape index (κ3) is 14.0. The topological polar surface area (TPSA) is 273 Å². The zero-order valence-corrected chi connectivity index (χ0v) is 22.5. The number of ketones is 1. The third-order valence-corrected chi connectivity index (χ3v) is 4.31. The number of hydrazine groups is 1. The number of carbonyl (C=O) groups excluding carboxylic acids is 6. The summed E-state index contributed by atoms with van der Waals surface area (Å²) in [7, 11) is 0. The average molecular weight is 588 g/mol. The van der Waals surface area contributed by atoms with E-state index in [2.05, 4.69) is 10.2 Å². The molecule has 226 valence electrons. The number of nitro groups is 2. The summed E-state index contributed by atoms with van der Waals surface area (Å²) in [5.41, 5.74) is 1.33. The van der Waals surface area contributed by atoms with Crippen LogP contribution >= 0.6 is 0 Å². The Morgan fingerprint density at radius 3 is 1.76 bits per heavy atom. The number of carbonyl (C=O) groups is 6. The van der Waals surface area contributed by atoms with Crippen molar-refractivity contribution in [3.63, 3.8) is 0 Å². The molecule has 19 heteroatoms. The Labute approximate surface area is 231 Å². The molecule has 3 N–H and O–H groups in total. The van der Waals surface area contributed by atoms with Crippen molar-refractivity contribution in [1.29, 1.82) is 0 Å². The molecule has 0 aromatic heterocycles. The number of benzene rings is 1. The van der Waals surface area contributed by atoms with Gasteiger partial charge in [-0.05, 0) is 6.07 Å². The number of nitrogens with one attached hydrogen (secondary N) is 1. The number of hydrogen-bond acceptors (Lipinski definition) is 17. The van der Waals surface area contributed by atoms with Crippen molar-refractivity contribution in [2.45, 2.75) is 52.9 Å². The number of Topliss-reactive ketones (excluding diaryl/α,β-unsaturated/α-hetero) is 1. The number of nitrogens with zero attached hydrogens (tertiary/aromatic N) is 2. The van der Waals surface area contributed by atoms with E-state index in [1.807, 2.05) is 0 Å². The Hall–Kier alpha value is -5.20. The quantitative estimate of drug-likeness (QED) is 0.103. The average Bonchev–Trinajstić information content (AvgIpc) is 2.86. The van der Waals surface area contributed by atoms with Crippen molar-refractivity contribution in [3.05, 3.63) is 38.4 Å². The Morgan fingerprint density at radius 2 is 1.34 bits per heavy atom. The highest BCUT2D eigenvalue weighted by atomic mass is 16.6. The molecule has 41 heavy (non-hydrogen) atoms. The van der Waals surface area contributed by atoms with Gasteiger partial charge in [-0.25, -0.2) is 0 Å². The summed E-state index contributed by atoms with van der Waals surface area (Å²) < 4.78 is 24.2. The lowest BCUT2D eigenvalue weighted by atomic mass is 10.0. The minimum Gasteiger partial charge on any atom is -0.462 e. The number of hydrogen-bond donors (Lipinski definition) is 2. The van der Waals surface area contributed by atoms with Crippen LogP contribution < -0.4 is 11.3 Å². The van der Waals surface area contributed by atoms with Gasteiger partial charge in [-0.15, -0.1) is 0 Å². The predicted molar refractivity (Wildman–Crippen MR) is 132 cm³/mol. The monoisotopic (exact) mass is 588 g/mol. The van der Waals surface area contributed by atoms with Gasteiger partial charge in [0.15, 0.2) is 18.8 Å². The van der Waals surface area contributed by atoms with Gasteiger partial charge in [0.2, 0.25) is 11.9 Å². The summed E-state index contributed by atoms with van der Waals surface area (Å²) >= 11 is 0. The van der Waals surface area contributed by atoms with Gasteiger partial charge in [-0.3, -0.25) is 54.8 Å². The second kappa shape index (κ2) is 17.4. The number of nitro benzene ring substituents is 2. The molecule has 0 radical (unpaired) electrons. The predicted octanol–water partition coefficient (Wildman–Crippen LogP) is 0.265. The van der Waals surface area contributed by atoms with E-state index in [-0.39, 0.29) is 11.4 Å². The largest absolute Gasteiger partial charge is 0.462 e. The molecule has 0 aliphatic heterocycles. The summed E-state index contributed by atoms with van der Waals surface area (Å²) in [6, 6.07) is 3.15. The lowest BCUT2D eigenvalue weighted by Gasteiger charge is -2.30. The normalized spacial score (nSPS) is 12.0. The van der Waals surface area contributed by atoms with Crippen LogP contribution in [0.25, 0.3) is 0 Å². The van der Waals surface area contributed by atoms with Gasteiger partial charge in [-0.2, -0.15) is 0 Å². The fraction of sp³-hybridized carbons (Fsp3) is 0.455. The summed E-state index contributed by atoms with van der Waals surface area (Å²) in [6.07, 6.45) is -4.87. The lowest BCUT2D eigenvalue weighted by molar-refractivity contribution is -0.393. The molecule has 0 spiro atoms. The van der Waals surface area contributed by atoms with Crippen LogP contribution in [0.5, 0.6) is 0 Å². The molecule has 0 aliphatic carbocycles. The lowest BCUT2D eigenvalue weighted by Crippen LogP contribution is -2.51. The second-order valence-electron chi connectivity index (χ2n) is 7.66. The number of ether oxygens (including phenoxy) is 5. The van der Waals surface area contributed by atoms with Crippen LogP contribution in [0, 0.1) is 20.2 Å². The minimum absolute atomic E-state index is 0.0283. The van der Waals surface area contributed by atoms with Crippen LogP contribution in [0.3, 0.4) is 0 Å². The highest BCUT2D eigenvalue weighted by Gasteiger charge is 2.42. The van der Waals surface area contributed by atoms with Crippen LogP contribution in [0.15, 0.2) is 18.2 Å². The van der Waals surface area contributed by atoms with Crippen LogP contribution in [0.2, 0.25) is 0 Å². The van der Waals surface area contributed by atoms with Crippen molar-refractivity contribution in [2.75, 3.05) is 18.6 Å². The first-order chi connectivity index (χ1) is 19.0. The van der Waals surface area contributed by atoms with Crippen molar-refractivity contribution in [3.8, 4) is 0 Å². The number of nitrogens with two attached hydrogens (primary N) is 1. The maximum atomic E-state index is 12.3. The van der Waals surface area contributed by atoms with E-state index >= 15 is 0 Å². The van der Waals surface area contributed by atoms with E-state index in [0.29, 0.717) is 0 Å². The first-order valence-corrected chi connectivity index (χ1v) is 11.2. The van der Waals surface area contributed by atoms with Gasteiger partial charge in [0.05, 0.1) is 15.9 Å². The van der Waals surface area contributed by atoms with Crippen LogP contribution in [0.1, 0.15) is 34.6 Å². The highest BCUT2D eigenvalue weighted by molar-refractivity contribution is 5.88. The first-order valence-electron chi connectivity index (χ1n) is 11.2. The number of non-ortho nitro benzene ring substituents is 1. The maximum absolute atomic E-state index is 12.3. The number of nitrogen functional groups attached to an aromatic ring is 1. The van der Waals surface area contributed by atoms with E-state index < -0.39 is 82.7 Å². The summed E-state index contributed by atoms with van der Waals surface area (Å²) in [5.74, 6) is -0.0938. The van der Waals surface area contributed by atoms with Crippen LogP contribution in [-0.4, -0.2) is 77.0 Å². The maximum Gasteiger partial charge on any atom is 0.303 e. The molecule has 3 atom stereocenters. The molecule has 19 nitrogen and oxygen atoms in total. The molecule has 0 saturated carbocycles.